The maximum atomic E-state index is 11.7. The Morgan fingerprint density at radius 3 is 2.85 bits per heavy atom. The number of nitrogens with zero attached hydrogens (tertiary/aromatic N) is 1. The highest BCUT2D eigenvalue weighted by Crippen LogP contribution is 2.25. The van der Waals surface area contributed by atoms with Crippen LogP contribution in [0, 0.1) is 0 Å². The fourth-order valence-electron chi connectivity index (χ4n) is 1.60. The van der Waals surface area contributed by atoms with Crippen LogP contribution in [0.5, 0.6) is 0 Å². The molecule has 0 aliphatic heterocycles. The molecule has 13 heavy (non-hydrogen) atoms. The van der Waals surface area contributed by atoms with Crippen LogP contribution in [0.15, 0.2) is 29.5 Å². The van der Waals surface area contributed by atoms with Crippen molar-refractivity contribution in [1.82, 2.24) is 4.98 Å². The van der Waals surface area contributed by atoms with Crippen LogP contribution in [-0.4, -0.2) is 10.8 Å². The standard InChI is InChI=1S/C11H11NO/c1-7(2)9-6-10-8(11(9)13)4-3-5-12-10/h3-5H,6H2,1-2H3. The number of aromatic nitrogens is 1. The molecule has 0 aromatic carbocycles. The van der Waals surface area contributed by atoms with Gasteiger partial charge in [0.15, 0.2) is 5.78 Å². The largest absolute Gasteiger partial charge is 0.289 e. The smallest absolute Gasteiger partial charge is 0.191 e. The second kappa shape index (κ2) is 2.80. The maximum Gasteiger partial charge on any atom is 0.191 e. The Labute approximate surface area is 77.3 Å². The zero-order chi connectivity index (χ0) is 9.42. The van der Waals surface area contributed by atoms with Crippen LogP contribution in [0.1, 0.15) is 29.9 Å². The van der Waals surface area contributed by atoms with E-state index in [4.69, 9.17) is 0 Å². The van der Waals surface area contributed by atoms with Gasteiger partial charge in [0.05, 0.1) is 5.69 Å². The number of hydrogen-bond acceptors (Lipinski definition) is 2. The van der Waals surface area contributed by atoms with Gasteiger partial charge in [0.2, 0.25) is 0 Å². The summed E-state index contributed by atoms with van der Waals surface area (Å²) in [6.07, 6.45) is 2.44. The number of carbonyl (C=O) groups excluding carboxylic acids is 1. The van der Waals surface area contributed by atoms with Gasteiger partial charge >= 0.3 is 0 Å². The number of hydrogen-bond donors (Lipinski definition) is 0. The molecule has 0 spiro atoms. The van der Waals surface area contributed by atoms with Crippen molar-refractivity contribution >= 4 is 5.78 Å². The van der Waals surface area contributed by atoms with Gasteiger partial charge in [0.1, 0.15) is 0 Å². The lowest BCUT2D eigenvalue weighted by Gasteiger charge is -1.95. The van der Waals surface area contributed by atoms with E-state index in [1.165, 1.54) is 0 Å². The molecule has 0 saturated carbocycles. The van der Waals surface area contributed by atoms with Gasteiger partial charge in [0.25, 0.3) is 0 Å². The van der Waals surface area contributed by atoms with Crippen LogP contribution in [0.2, 0.25) is 0 Å². The monoisotopic (exact) mass is 173 g/mol. The molecule has 0 amide bonds. The van der Waals surface area contributed by atoms with E-state index < -0.39 is 0 Å². The molecule has 2 heteroatoms. The van der Waals surface area contributed by atoms with Crippen molar-refractivity contribution in [3.63, 3.8) is 0 Å². The molecule has 2 rings (SSSR count). The second-order valence-electron chi connectivity index (χ2n) is 3.48. The lowest BCUT2D eigenvalue weighted by molar-refractivity contribution is 0.103. The molecule has 1 aliphatic rings. The van der Waals surface area contributed by atoms with Crippen molar-refractivity contribution in [2.45, 2.75) is 20.3 Å². The molecule has 0 radical (unpaired) electrons. The molecule has 1 aromatic heterocycles. The van der Waals surface area contributed by atoms with Gasteiger partial charge in [-0.1, -0.05) is 5.57 Å². The molecule has 1 aliphatic carbocycles. The van der Waals surface area contributed by atoms with Crippen molar-refractivity contribution in [1.29, 1.82) is 0 Å². The summed E-state index contributed by atoms with van der Waals surface area (Å²) in [5.74, 6) is 0.156. The van der Waals surface area contributed by atoms with Crippen molar-refractivity contribution < 1.29 is 4.79 Å². The van der Waals surface area contributed by atoms with Crippen LogP contribution in [0.4, 0.5) is 0 Å². The Hall–Kier alpha value is -1.44. The summed E-state index contributed by atoms with van der Waals surface area (Å²) >= 11 is 0. The van der Waals surface area contributed by atoms with Crippen LogP contribution in [0.25, 0.3) is 0 Å². The minimum absolute atomic E-state index is 0.156. The van der Waals surface area contributed by atoms with Crippen molar-refractivity contribution in [2.24, 2.45) is 0 Å². The molecule has 0 bridgehead atoms. The second-order valence-corrected chi connectivity index (χ2v) is 3.48. The number of carbonyl (C=O) groups is 1. The summed E-state index contributed by atoms with van der Waals surface area (Å²) in [5.41, 5.74) is 3.71. The fourth-order valence-corrected chi connectivity index (χ4v) is 1.60. The highest BCUT2D eigenvalue weighted by molar-refractivity contribution is 6.13. The molecule has 0 unspecified atom stereocenters. The maximum absolute atomic E-state index is 11.7. The summed E-state index contributed by atoms with van der Waals surface area (Å²) < 4.78 is 0. The third-order valence-electron chi connectivity index (χ3n) is 2.36. The zero-order valence-electron chi connectivity index (χ0n) is 7.79. The van der Waals surface area contributed by atoms with Gasteiger partial charge in [-0.15, -0.1) is 0 Å². The first-order valence-electron chi connectivity index (χ1n) is 4.35. The number of fused-ring (bicyclic) bond motifs is 1. The average Bonchev–Trinajstić information content (AvgIpc) is 2.45. The summed E-state index contributed by atoms with van der Waals surface area (Å²) in [4.78, 5) is 15.9. The SMILES string of the molecule is CC(C)=C1Cc2ncccc2C1=O. The van der Waals surface area contributed by atoms with Gasteiger partial charge in [-0.25, -0.2) is 0 Å². The number of allylic oxidation sites excluding steroid dienone is 2. The van der Waals surface area contributed by atoms with E-state index in [0.29, 0.717) is 6.42 Å². The van der Waals surface area contributed by atoms with E-state index in [0.717, 1.165) is 22.4 Å². The third kappa shape index (κ3) is 1.18. The number of rotatable bonds is 0. The summed E-state index contributed by atoms with van der Waals surface area (Å²) in [7, 11) is 0. The van der Waals surface area contributed by atoms with Crippen molar-refractivity contribution in [3.8, 4) is 0 Å². The molecule has 2 nitrogen and oxygen atoms in total. The Kier molecular flexibility index (Phi) is 1.76. The van der Waals surface area contributed by atoms with Gasteiger partial charge in [-0.2, -0.15) is 0 Å². The van der Waals surface area contributed by atoms with Gasteiger partial charge in [-0.05, 0) is 26.0 Å². The van der Waals surface area contributed by atoms with Crippen molar-refractivity contribution in [2.75, 3.05) is 0 Å². The summed E-state index contributed by atoms with van der Waals surface area (Å²) in [5, 5.41) is 0. The zero-order valence-corrected chi connectivity index (χ0v) is 7.79. The predicted octanol–water partition coefficient (Wildman–Crippen LogP) is 2.16. The van der Waals surface area contributed by atoms with E-state index in [1.54, 1.807) is 6.20 Å². The van der Waals surface area contributed by atoms with Crippen LogP contribution >= 0.6 is 0 Å². The topological polar surface area (TPSA) is 30.0 Å². The lowest BCUT2D eigenvalue weighted by atomic mass is 10.1. The molecule has 1 aromatic rings. The average molecular weight is 173 g/mol. The quantitative estimate of drug-likeness (QED) is 0.563. The number of Topliss-reactive ketones (excluding diaryl/α,β-unsaturated/α-hetero) is 1. The van der Waals surface area contributed by atoms with Crippen LogP contribution in [0.3, 0.4) is 0 Å². The minimum Gasteiger partial charge on any atom is -0.289 e. The van der Waals surface area contributed by atoms with E-state index >= 15 is 0 Å². The Morgan fingerprint density at radius 2 is 2.23 bits per heavy atom. The molecule has 1 heterocycles. The van der Waals surface area contributed by atoms with Gasteiger partial charge in [0, 0.05) is 23.8 Å². The van der Waals surface area contributed by atoms with Gasteiger partial charge in [-0.3, -0.25) is 9.78 Å². The van der Waals surface area contributed by atoms with Crippen LogP contribution in [-0.2, 0) is 6.42 Å². The Bertz CT molecular complexity index is 400. The normalized spacial score (nSPS) is 14.6. The minimum atomic E-state index is 0.156. The molecule has 0 fully saturated rings. The Morgan fingerprint density at radius 1 is 1.46 bits per heavy atom. The lowest BCUT2D eigenvalue weighted by Crippen LogP contribution is -1.96. The fraction of sp³-hybridized carbons (Fsp3) is 0.273. The molecular formula is C11H11NO. The third-order valence-corrected chi connectivity index (χ3v) is 2.36. The molecule has 0 atom stereocenters. The number of ketones is 1. The number of pyridine rings is 1. The van der Waals surface area contributed by atoms with Crippen molar-refractivity contribution in [3.05, 3.63) is 40.7 Å². The molecular weight excluding hydrogens is 162 g/mol. The molecule has 66 valence electrons. The highest BCUT2D eigenvalue weighted by atomic mass is 16.1. The van der Waals surface area contributed by atoms with E-state index in [2.05, 4.69) is 4.98 Å². The summed E-state index contributed by atoms with van der Waals surface area (Å²) in [6.45, 7) is 3.94. The first kappa shape index (κ1) is 8.17. The first-order chi connectivity index (χ1) is 6.20. The predicted molar refractivity (Wildman–Crippen MR) is 50.6 cm³/mol. The van der Waals surface area contributed by atoms with E-state index in [-0.39, 0.29) is 5.78 Å². The Balaban J connectivity index is 2.57. The molecule has 0 N–H and O–H groups in total. The highest BCUT2D eigenvalue weighted by Gasteiger charge is 2.25. The van der Waals surface area contributed by atoms with E-state index in [1.807, 2.05) is 26.0 Å². The van der Waals surface area contributed by atoms with Gasteiger partial charge < -0.3 is 0 Å². The van der Waals surface area contributed by atoms with E-state index in [9.17, 15) is 4.79 Å². The first-order valence-corrected chi connectivity index (χ1v) is 4.35. The summed E-state index contributed by atoms with van der Waals surface area (Å²) in [6, 6.07) is 3.66. The van der Waals surface area contributed by atoms with Crippen LogP contribution < -0.4 is 0 Å². The molecule has 0 saturated heterocycles.